The van der Waals surface area contributed by atoms with Crippen molar-refractivity contribution in [1.29, 1.82) is 0 Å². The maximum absolute atomic E-state index is 12.4. The van der Waals surface area contributed by atoms with Gasteiger partial charge in [-0.15, -0.1) is 12.4 Å². The normalized spacial score (nSPS) is 14.0. The van der Waals surface area contributed by atoms with Crippen molar-refractivity contribution in [3.05, 3.63) is 35.4 Å². The summed E-state index contributed by atoms with van der Waals surface area (Å²) < 4.78 is 37.3. The lowest BCUT2D eigenvalue weighted by Crippen LogP contribution is -2.41. The van der Waals surface area contributed by atoms with Gasteiger partial charge in [-0.25, -0.2) is 0 Å². The average molecular weight is 325 g/mol. The molecule has 0 saturated heterocycles. The molecule has 1 aromatic carbocycles. The lowest BCUT2D eigenvalue weighted by Gasteiger charge is -2.16. The van der Waals surface area contributed by atoms with Gasteiger partial charge in [0.05, 0.1) is 5.56 Å². The smallest absolute Gasteiger partial charge is 0.352 e. The summed E-state index contributed by atoms with van der Waals surface area (Å²) in [4.78, 5) is 11.8. The van der Waals surface area contributed by atoms with E-state index in [0.717, 1.165) is 12.1 Å². The number of carbonyl (C=O) groups is 1. The lowest BCUT2D eigenvalue weighted by molar-refractivity contribution is -0.137. The van der Waals surface area contributed by atoms with Crippen molar-refractivity contribution in [2.75, 3.05) is 6.54 Å². The molecule has 0 aliphatic heterocycles. The summed E-state index contributed by atoms with van der Waals surface area (Å²) in [6.07, 6.45) is -3.95. The summed E-state index contributed by atoms with van der Waals surface area (Å²) in [6, 6.07) is 4.75. The van der Waals surface area contributed by atoms with Crippen LogP contribution >= 0.6 is 12.4 Å². The van der Waals surface area contributed by atoms with Crippen LogP contribution in [0.25, 0.3) is 0 Å². The summed E-state index contributed by atoms with van der Waals surface area (Å²) >= 11 is 0. The largest absolute Gasteiger partial charge is 0.416 e. The number of benzene rings is 1. The molecule has 1 amide bonds. The van der Waals surface area contributed by atoms with Gasteiger partial charge in [-0.2, -0.15) is 13.2 Å². The first-order valence-corrected chi connectivity index (χ1v) is 6.40. The Labute approximate surface area is 128 Å². The fraction of sp³-hybridized carbons (Fsp3) is 0.500. The summed E-state index contributed by atoms with van der Waals surface area (Å²) in [5.74, 6) is -0.469. The van der Waals surface area contributed by atoms with E-state index in [2.05, 4.69) is 5.32 Å². The third kappa shape index (κ3) is 6.35. The number of rotatable bonds is 5. The van der Waals surface area contributed by atoms with Crippen molar-refractivity contribution in [3.8, 4) is 0 Å². The minimum absolute atomic E-state index is 0. The van der Waals surface area contributed by atoms with Gasteiger partial charge in [-0.05, 0) is 31.0 Å². The van der Waals surface area contributed by atoms with Crippen LogP contribution in [0.15, 0.2) is 24.3 Å². The molecule has 2 atom stereocenters. The van der Waals surface area contributed by atoms with Crippen molar-refractivity contribution in [2.45, 2.75) is 32.5 Å². The van der Waals surface area contributed by atoms with Crippen LogP contribution in [0, 0.1) is 5.92 Å². The zero-order valence-corrected chi connectivity index (χ0v) is 12.7. The Kier molecular flexibility index (Phi) is 7.74. The van der Waals surface area contributed by atoms with Crippen LogP contribution in [0.5, 0.6) is 0 Å². The molecular weight excluding hydrogens is 305 g/mol. The van der Waals surface area contributed by atoms with E-state index in [-0.39, 0.29) is 30.3 Å². The number of hydrogen-bond donors (Lipinski definition) is 2. The van der Waals surface area contributed by atoms with Crippen LogP contribution in [0.3, 0.4) is 0 Å². The lowest BCUT2D eigenvalue weighted by atomic mass is 9.99. The Bertz CT molecular complexity index is 449. The Hall–Kier alpha value is -1.27. The van der Waals surface area contributed by atoms with E-state index >= 15 is 0 Å². The van der Waals surface area contributed by atoms with Crippen molar-refractivity contribution >= 4 is 18.3 Å². The number of nitrogens with two attached hydrogens (primary N) is 1. The molecule has 7 heteroatoms. The fourth-order valence-electron chi connectivity index (χ4n) is 1.72. The van der Waals surface area contributed by atoms with E-state index in [0.29, 0.717) is 18.5 Å². The van der Waals surface area contributed by atoms with E-state index in [1.54, 1.807) is 13.8 Å². The second-order valence-electron chi connectivity index (χ2n) is 4.95. The highest BCUT2D eigenvalue weighted by molar-refractivity contribution is 5.85. The van der Waals surface area contributed by atoms with Gasteiger partial charge >= 0.3 is 6.18 Å². The summed E-state index contributed by atoms with van der Waals surface area (Å²) in [6.45, 7) is 3.87. The van der Waals surface area contributed by atoms with E-state index in [9.17, 15) is 18.0 Å². The molecule has 0 bridgehead atoms. The molecule has 21 heavy (non-hydrogen) atoms. The minimum Gasteiger partial charge on any atom is -0.352 e. The van der Waals surface area contributed by atoms with E-state index in [1.807, 2.05) is 0 Å². The predicted molar refractivity (Wildman–Crippen MR) is 78.2 cm³/mol. The Balaban J connectivity index is 0.00000400. The number of alkyl halides is 3. The zero-order valence-electron chi connectivity index (χ0n) is 11.9. The Morgan fingerprint density at radius 3 is 2.19 bits per heavy atom. The SMILES string of the molecule is CC(Cc1ccc(C(F)(F)F)cc1)C(=O)N[C@@H](C)CN.Cl. The molecule has 0 aliphatic carbocycles. The third-order valence-electron chi connectivity index (χ3n) is 3.01. The molecule has 0 aliphatic rings. The van der Waals surface area contributed by atoms with Gasteiger partial charge in [0.2, 0.25) is 5.91 Å². The van der Waals surface area contributed by atoms with Crippen LogP contribution in [0.2, 0.25) is 0 Å². The topological polar surface area (TPSA) is 55.1 Å². The summed E-state index contributed by atoms with van der Waals surface area (Å²) in [5, 5.41) is 2.74. The molecule has 0 heterocycles. The molecule has 0 fully saturated rings. The van der Waals surface area contributed by atoms with Crippen LogP contribution in [-0.4, -0.2) is 18.5 Å². The van der Waals surface area contributed by atoms with Gasteiger partial charge < -0.3 is 11.1 Å². The summed E-state index contributed by atoms with van der Waals surface area (Å²) in [5.41, 5.74) is 5.42. The molecule has 1 aromatic rings. The van der Waals surface area contributed by atoms with Crippen molar-refractivity contribution < 1.29 is 18.0 Å². The molecule has 1 rings (SSSR count). The number of amides is 1. The third-order valence-corrected chi connectivity index (χ3v) is 3.01. The second kappa shape index (κ2) is 8.24. The number of nitrogens with one attached hydrogen (secondary N) is 1. The van der Waals surface area contributed by atoms with Crippen molar-refractivity contribution in [1.82, 2.24) is 5.32 Å². The summed E-state index contributed by atoms with van der Waals surface area (Å²) in [7, 11) is 0. The maximum Gasteiger partial charge on any atom is 0.416 e. The maximum atomic E-state index is 12.4. The second-order valence-corrected chi connectivity index (χ2v) is 4.95. The van der Waals surface area contributed by atoms with E-state index in [4.69, 9.17) is 5.73 Å². The number of carbonyl (C=O) groups excluding carboxylic acids is 1. The molecule has 3 N–H and O–H groups in total. The molecule has 0 spiro atoms. The number of hydrogen-bond acceptors (Lipinski definition) is 2. The molecule has 0 radical (unpaired) electrons. The van der Waals surface area contributed by atoms with Gasteiger partial charge in [-0.3, -0.25) is 4.79 Å². The fourth-order valence-corrected chi connectivity index (χ4v) is 1.72. The highest BCUT2D eigenvalue weighted by Gasteiger charge is 2.30. The standard InChI is InChI=1S/C14H19F3N2O.ClH/c1-9(13(20)19-10(2)8-18)7-11-3-5-12(6-4-11)14(15,16)17;/h3-6,9-10H,7-8,18H2,1-2H3,(H,19,20);1H/t9?,10-;/m0./s1. The van der Waals surface area contributed by atoms with Gasteiger partial charge in [0, 0.05) is 18.5 Å². The molecular formula is C14H20ClF3N2O. The first-order chi connectivity index (χ1) is 9.24. The molecule has 120 valence electrons. The quantitative estimate of drug-likeness (QED) is 0.875. The Morgan fingerprint density at radius 2 is 1.76 bits per heavy atom. The molecule has 1 unspecified atom stereocenters. The zero-order chi connectivity index (χ0) is 15.3. The van der Waals surface area contributed by atoms with Gasteiger partial charge in [-0.1, -0.05) is 19.1 Å². The van der Waals surface area contributed by atoms with Crippen molar-refractivity contribution in [2.24, 2.45) is 11.7 Å². The van der Waals surface area contributed by atoms with Crippen LogP contribution in [0.4, 0.5) is 13.2 Å². The molecule has 0 aromatic heterocycles. The van der Waals surface area contributed by atoms with E-state index < -0.39 is 11.7 Å². The molecule has 3 nitrogen and oxygen atoms in total. The highest BCUT2D eigenvalue weighted by atomic mass is 35.5. The van der Waals surface area contributed by atoms with Crippen LogP contribution in [-0.2, 0) is 17.4 Å². The monoisotopic (exact) mass is 324 g/mol. The average Bonchev–Trinajstić information content (AvgIpc) is 2.38. The Morgan fingerprint density at radius 1 is 1.24 bits per heavy atom. The van der Waals surface area contributed by atoms with Gasteiger partial charge in [0.25, 0.3) is 0 Å². The minimum atomic E-state index is -4.34. The van der Waals surface area contributed by atoms with Gasteiger partial charge in [0.15, 0.2) is 0 Å². The van der Waals surface area contributed by atoms with Crippen LogP contribution in [0.1, 0.15) is 25.0 Å². The first-order valence-electron chi connectivity index (χ1n) is 6.40. The first kappa shape index (κ1) is 19.7. The highest BCUT2D eigenvalue weighted by Crippen LogP contribution is 2.29. The number of halogens is 4. The van der Waals surface area contributed by atoms with E-state index in [1.165, 1.54) is 12.1 Å². The van der Waals surface area contributed by atoms with Crippen LogP contribution < -0.4 is 11.1 Å². The predicted octanol–water partition coefficient (Wildman–Crippen LogP) is 2.77. The molecule has 0 saturated carbocycles. The van der Waals surface area contributed by atoms with Crippen molar-refractivity contribution in [3.63, 3.8) is 0 Å². The van der Waals surface area contributed by atoms with Gasteiger partial charge in [0.1, 0.15) is 0 Å².